The molecular formula is C15H21F3N2. The molecule has 0 aromatic heterocycles. The smallest absolute Gasteiger partial charge is 0.366 e. The van der Waals surface area contributed by atoms with Crippen molar-refractivity contribution >= 4 is 5.69 Å². The highest BCUT2D eigenvalue weighted by atomic mass is 19.4. The summed E-state index contributed by atoms with van der Waals surface area (Å²) < 4.78 is 37.7. The first-order chi connectivity index (χ1) is 9.29. The monoisotopic (exact) mass is 286 g/mol. The molecule has 1 aliphatic rings. The first-order valence-corrected chi connectivity index (χ1v) is 6.96. The zero-order valence-corrected chi connectivity index (χ0v) is 12.0. The lowest BCUT2D eigenvalue weighted by Crippen LogP contribution is -2.57. The second-order valence-electron chi connectivity index (χ2n) is 5.80. The quantitative estimate of drug-likeness (QED) is 0.894. The van der Waals surface area contributed by atoms with Crippen LogP contribution < -0.4 is 10.2 Å². The number of piperazine rings is 1. The first kappa shape index (κ1) is 15.2. The molecule has 0 spiro atoms. The molecule has 1 saturated heterocycles. The Balaban J connectivity index is 2.17. The molecule has 2 atom stereocenters. The molecule has 2 unspecified atom stereocenters. The summed E-state index contributed by atoms with van der Waals surface area (Å²) in [5.74, 6) is 0.499. The standard InChI is InChI=1S/C15H21F3N2/c1-10(2)14-9-20(11(3)8-19-14)13-6-4-12(5-7-13)15(16,17)18/h4-7,10-11,14,19H,8-9H2,1-3H3. The summed E-state index contributed by atoms with van der Waals surface area (Å²) in [5, 5.41) is 3.48. The van der Waals surface area contributed by atoms with Gasteiger partial charge in [-0.1, -0.05) is 13.8 Å². The van der Waals surface area contributed by atoms with Gasteiger partial charge in [-0.25, -0.2) is 0 Å². The second kappa shape index (κ2) is 5.64. The number of nitrogens with zero attached hydrogens (tertiary/aromatic N) is 1. The summed E-state index contributed by atoms with van der Waals surface area (Å²) in [6, 6.07) is 6.11. The van der Waals surface area contributed by atoms with Crippen molar-refractivity contribution in [1.29, 1.82) is 0 Å². The van der Waals surface area contributed by atoms with Crippen LogP contribution in [0.5, 0.6) is 0 Å². The van der Waals surface area contributed by atoms with E-state index in [9.17, 15) is 13.2 Å². The van der Waals surface area contributed by atoms with Crippen molar-refractivity contribution in [2.24, 2.45) is 5.92 Å². The van der Waals surface area contributed by atoms with Crippen molar-refractivity contribution in [2.75, 3.05) is 18.0 Å². The van der Waals surface area contributed by atoms with Gasteiger partial charge in [-0.15, -0.1) is 0 Å². The van der Waals surface area contributed by atoms with Crippen LogP contribution in [0.1, 0.15) is 26.3 Å². The molecule has 1 N–H and O–H groups in total. The predicted molar refractivity (Wildman–Crippen MR) is 74.9 cm³/mol. The van der Waals surface area contributed by atoms with Crippen LogP contribution in [0.3, 0.4) is 0 Å². The zero-order chi connectivity index (χ0) is 14.9. The highest BCUT2D eigenvalue weighted by Gasteiger charge is 2.31. The summed E-state index contributed by atoms with van der Waals surface area (Å²) >= 11 is 0. The number of anilines is 1. The third kappa shape index (κ3) is 3.26. The van der Waals surface area contributed by atoms with E-state index >= 15 is 0 Å². The fourth-order valence-electron chi connectivity index (χ4n) is 2.54. The van der Waals surface area contributed by atoms with E-state index < -0.39 is 11.7 Å². The minimum Gasteiger partial charge on any atom is -0.366 e. The normalized spacial score (nSPS) is 24.2. The number of alkyl halides is 3. The Morgan fingerprint density at radius 3 is 2.30 bits per heavy atom. The minimum atomic E-state index is -4.27. The lowest BCUT2D eigenvalue weighted by atomic mass is 9.99. The van der Waals surface area contributed by atoms with Gasteiger partial charge in [0, 0.05) is 30.9 Å². The van der Waals surface area contributed by atoms with E-state index in [2.05, 4.69) is 31.0 Å². The first-order valence-electron chi connectivity index (χ1n) is 6.96. The fraction of sp³-hybridized carbons (Fsp3) is 0.600. The van der Waals surface area contributed by atoms with Crippen LogP contribution in [0.4, 0.5) is 18.9 Å². The van der Waals surface area contributed by atoms with Gasteiger partial charge in [0.1, 0.15) is 0 Å². The maximum absolute atomic E-state index is 12.6. The highest BCUT2D eigenvalue weighted by Crippen LogP contribution is 2.31. The molecule has 0 bridgehead atoms. The predicted octanol–water partition coefficient (Wildman–Crippen LogP) is 3.53. The van der Waals surface area contributed by atoms with Gasteiger partial charge in [0.2, 0.25) is 0 Å². The molecule has 2 nitrogen and oxygen atoms in total. The Kier molecular flexibility index (Phi) is 4.28. The van der Waals surface area contributed by atoms with Gasteiger partial charge in [-0.05, 0) is 37.1 Å². The number of rotatable bonds is 2. The Morgan fingerprint density at radius 1 is 1.20 bits per heavy atom. The summed E-state index contributed by atoms with van der Waals surface area (Å²) in [4.78, 5) is 2.18. The van der Waals surface area contributed by atoms with Crippen molar-refractivity contribution in [3.8, 4) is 0 Å². The van der Waals surface area contributed by atoms with E-state index in [4.69, 9.17) is 0 Å². The number of halogens is 3. The van der Waals surface area contributed by atoms with Crippen molar-refractivity contribution in [1.82, 2.24) is 5.32 Å². The number of hydrogen-bond acceptors (Lipinski definition) is 2. The van der Waals surface area contributed by atoms with Crippen LogP contribution >= 0.6 is 0 Å². The van der Waals surface area contributed by atoms with E-state index in [1.54, 1.807) is 12.1 Å². The van der Waals surface area contributed by atoms with Crippen LogP contribution in [-0.4, -0.2) is 25.2 Å². The van der Waals surface area contributed by atoms with Crippen molar-refractivity contribution in [2.45, 2.75) is 39.0 Å². The molecular weight excluding hydrogens is 265 g/mol. The summed E-state index contributed by atoms with van der Waals surface area (Å²) in [7, 11) is 0. The SMILES string of the molecule is CC(C)C1CN(c2ccc(C(F)(F)F)cc2)C(C)CN1. The largest absolute Gasteiger partial charge is 0.416 e. The van der Waals surface area contributed by atoms with E-state index in [1.807, 2.05) is 0 Å². The van der Waals surface area contributed by atoms with Crippen molar-refractivity contribution in [3.05, 3.63) is 29.8 Å². The van der Waals surface area contributed by atoms with Gasteiger partial charge in [-0.3, -0.25) is 0 Å². The molecule has 1 heterocycles. The molecule has 2 rings (SSSR count). The van der Waals surface area contributed by atoms with Crippen LogP contribution in [-0.2, 0) is 6.18 Å². The molecule has 1 aromatic rings. The van der Waals surface area contributed by atoms with Gasteiger partial charge < -0.3 is 10.2 Å². The van der Waals surface area contributed by atoms with Crippen LogP contribution in [0.2, 0.25) is 0 Å². The second-order valence-corrected chi connectivity index (χ2v) is 5.80. The lowest BCUT2D eigenvalue weighted by Gasteiger charge is -2.42. The topological polar surface area (TPSA) is 15.3 Å². The Morgan fingerprint density at radius 2 is 1.80 bits per heavy atom. The number of benzene rings is 1. The molecule has 0 radical (unpaired) electrons. The molecule has 0 saturated carbocycles. The average molecular weight is 286 g/mol. The fourth-order valence-corrected chi connectivity index (χ4v) is 2.54. The average Bonchev–Trinajstić information content (AvgIpc) is 2.38. The molecule has 1 aliphatic heterocycles. The molecule has 0 amide bonds. The maximum atomic E-state index is 12.6. The minimum absolute atomic E-state index is 0.279. The van der Waals surface area contributed by atoms with Gasteiger partial charge in [0.25, 0.3) is 0 Å². The highest BCUT2D eigenvalue weighted by molar-refractivity contribution is 5.49. The van der Waals surface area contributed by atoms with Gasteiger partial charge in [-0.2, -0.15) is 13.2 Å². The molecule has 112 valence electrons. The van der Waals surface area contributed by atoms with E-state index in [0.717, 1.165) is 30.9 Å². The lowest BCUT2D eigenvalue weighted by molar-refractivity contribution is -0.137. The molecule has 5 heteroatoms. The maximum Gasteiger partial charge on any atom is 0.416 e. The molecule has 1 fully saturated rings. The number of nitrogens with one attached hydrogen (secondary N) is 1. The van der Waals surface area contributed by atoms with Gasteiger partial charge >= 0.3 is 6.18 Å². The van der Waals surface area contributed by atoms with Crippen molar-refractivity contribution in [3.63, 3.8) is 0 Å². The summed E-state index contributed by atoms with van der Waals surface area (Å²) in [5.41, 5.74) is 0.266. The molecule has 1 aromatic carbocycles. The van der Waals surface area contributed by atoms with Gasteiger partial charge in [0.05, 0.1) is 5.56 Å². The Bertz CT molecular complexity index is 439. The Labute approximate surface area is 118 Å². The van der Waals surface area contributed by atoms with E-state index in [-0.39, 0.29) is 6.04 Å². The van der Waals surface area contributed by atoms with Gasteiger partial charge in [0.15, 0.2) is 0 Å². The third-order valence-corrected chi connectivity index (χ3v) is 3.93. The van der Waals surface area contributed by atoms with E-state index in [0.29, 0.717) is 12.0 Å². The molecule has 20 heavy (non-hydrogen) atoms. The van der Waals surface area contributed by atoms with Crippen LogP contribution in [0.15, 0.2) is 24.3 Å². The zero-order valence-electron chi connectivity index (χ0n) is 12.0. The number of hydrogen-bond donors (Lipinski definition) is 1. The van der Waals surface area contributed by atoms with Crippen LogP contribution in [0.25, 0.3) is 0 Å². The third-order valence-electron chi connectivity index (χ3n) is 3.93. The molecule has 0 aliphatic carbocycles. The van der Waals surface area contributed by atoms with E-state index in [1.165, 1.54) is 0 Å². The summed E-state index contributed by atoms with van der Waals surface area (Å²) in [6.07, 6.45) is -4.27. The summed E-state index contributed by atoms with van der Waals surface area (Å²) in [6.45, 7) is 8.06. The van der Waals surface area contributed by atoms with Crippen molar-refractivity contribution < 1.29 is 13.2 Å². The van der Waals surface area contributed by atoms with Crippen LogP contribution in [0, 0.1) is 5.92 Å². The Hall–Kier alpha value is -1.23.